The van der Waals surface area contributed by atoms with Gasteiger partial charge < -0.3 is 9.90 Å². The van der Waals surface area contributed by atoms with E-state index in [2.05, 4.69) is 0 Å². The Bertz CT molecular complexity index is 99.6. The quantitative estimate of drug-likeness (QED) is 0.362. The van der Waals surface area contributed by atoms with Gasteiger partial charge in [-0.1, -0.05) is 0 Å². The Hall–Kier alpha value is 1.05. The summed E-state index contributed by atoms with van der Waals surface area (Å²) in [5.41, 5.74) is 0. The van der Waals surface area contributed by atoms with Gasteiger partial charge in [0.1, 0.15) is 0 Å². The van der Waals surface area contributed by atoms with Crippen LogP contribution in [0.4, 0.5) is 0 Å². The molecule has 10 heavy (non-hydrogen) atoms. The Morgan fingerprint density at radius 2 is 2.10 bits per heavy atom. The molecule has 0 aliphatic carbocycles. The van der Waals surface area contributed by atoms with E-state index in [0.717, 1.165) is 0 Å². The van der Waals surface area contributed by atoms with Crippen LogP contribution in [-0.2, 0) is 4.79 Å². The summed E-state index contributed by atoms with van der Waals surface area (Å²) in [4.78, 5) is 9.81. The molecule has 0 aromatic carbocycles. The maximum absolute atomic E-state index is 9.81. The summed E-state index contributed by atoms with van der Waals surface area (Å²) in [6.45, 7) is 0. The molecule has 0 saturated carbocycles. The molecule has 0 saturated heterocycles. The van der Waals surface area contributed by atoms with E-state index < -0.39 is 5.97 Å². The first-order chi connectivity index (χ1) is 4.16. The number of hydrogen-bond donors (Lipinski definition) is 0. The predicted molar refractivity (Wildman–Crippen MR) is 34.6 cm³/mol. The molecule has 0 amide bonds. The van der Waals surface area contributed by atoms with Crippen LogP contribution in [0.3, 0.4) is 0 Å². The molecular weight excluding hydrogens is 186 g/mol. The minimum absolute atomic E-state index is 0. The van der Waals surface area contributed by atoms with Crippen molar-refractivity contribution >= 4 is 29.2 Å². The summed E-state index contributed by atoms with van der Waals surface area (Å²) in [5.74, 6) is -0.791. The van der Waals surface area contributed by atoms with E-state index in [0.29, 0.717) is 6.42 Å². The zero-order valence-corrected chi connectivity index (χ0v) is 9.28. The van der Waals surface area contributed by atoms with Gasteiger partial charge in [0, 0.05) is 17.2 Å². The van der Waals surface area contributed by atoms with Crippen molar-refractivity contribution in [3.8, 4) is 0 Å². The first-order valence-corrected chi connectivity index (χ1v) is 3.53. The molecule has 1 atom stereocenters. The molecule has 0 fully saturated rings. The van der Waals surface area contributed by atoms with Crippen molar-refractivity contribution < 1.29 is 39.5 Å². The van der Waals surface area contributed by atoms with Crippen LogP contribution >= 0.6 is 23.2 Å². The van der Waals surface area contributed by atoms with Gasteiger partial charge in [0.2, 0.25) is 0 Å². The fourth-order valence-corrected chi connectivity index (χ4v) is 0.615. The molecule has 0 aromatic rings. The van der Waals surface area contributed by atoms with E-state index in [9.17, 15) is 9.90 Å². The van der Waals surface area contributed by atoms with Gasteiger partial charge in [0.15, 0.2) is 0 Å². The SMILES string of the molecule is O=C([O-])CCC(Cl)CCl.[Na+]. The maximum atomic E-state index is 9.81. The van der Waals surface area contributed by atoms with Crippen LogP contribution in [0.1, 0.15) is 12.8 Å². The number of carboxylic acid groups (broad SMARTS) is 1. The van der Waals surface area contributed by atoms with E-state index >= 15 is 0 Å². The van der Waals surface area contributed by atoms with E-state index in [1.54, 1.807) is 0 Å². The van der Waals surface area contributed by atoms with Crippen LogP contribution in [0.5, 0.6) is 0 Å². The number of carboxylic acids is 1. The van der Waals surface area contributed by atoms with Gasteiger partial charge in [-0.2, -0.15) is 0 Å². The smallest absolute Gasteiger partial charge is 0.550 e. The molecule has 1 unspecified atom stereocenters. The molecule has 0 heterocycles. The largest absolute Gasteiger partial charge is 1.00 e. The average Bonchev–Trinajstić information content (AvgIpc) is 1.83. The number of carbonyl (C=O) groups excluding carboxylic acids is 1. The molecule has 0 radical (unpaired) electrons. The Morgan fingerprint density at radius 3 is 2.40 bits per heavy atom. The Morgan fingerprint density at radius 1 is 1.60 bits per heavy atom. The van der Waals surface area contributed by atoms with E-state index in [4.69, 9.17) is 23.2 Å². The summed E-state index contributed by atoms with van der Waals surface area (Å²) in [6.07, 6.45) is 0.369. The maximum Gasteiger partial charge on any atom is 1.00 e. The fraction of sp³-hybridized carbons (Fsp3) is 0.800. The molecule has 54 valence electrons. The summed E-state index contributed by atoms with van der Waals surface area (Å²) < 4.78 is 0. The predicted octanol–water partition coefficient (Wildman–Crippen LogP) is -2.63. The summed E-state index contributed by atoms with van der Waals surface area (Å²) in [6, 6.07) is 0. The number of rotatable bonds is 4. The molecular formula is C5H7Cl2NaO2. The molecule has 5 heteroatoms. The Kier molecular flexibility index (Phi) is 11.1. The van der Waals surface area contributed by atoms with Crippen molar-refractivity contribution in [1.82, 2.24) is 0 Å². The van der Waals surface area contributed by atoms with Gasteiger partial charge in [-0.3, -0.25) is 0 Å². The van der Waals surface area contributed by atoms with Crippen LogP contribution in [0, 0.1) is 0 Å². The standard InChI is InChI=1S/C5H8Cl2O2.Na/c6-3-4(7)1-2-5(8)9;/h4H,1-3H2,(H,8,9);/q;+1/p-1. The van der Waals surface area contributed by atoms with E-state index in [1.807, 2.05) is 0 Å². The summed E-state index contributed by atoms with van der Waals surface area (Å²) in [7, 11) is 0. The molecule has 0 rings (SSSR count). The Labute approximate surface area is 92.2 Å². The molecule has 0 aliphatic heterocycles. The van der Waals surface area contributed by atoms with Crippen molar-refractivity contribution in [1.29, 1.82) is 0 Å². The van der Waals surface area contributed by atoms with Crippen molar-refractivity contribution in [2.75, 3.05) is 5.88 Å². The third-order valence-corrected chi connectivity index (χ3v) is 1.73. The number of hydrogen-bond acceptors (Lipinski definition) is 2. The van der Waals surface area contributed by atoms with Crippen molar-refractivity contribution in [3.63, 3.8) is 0 Å². The van der Waals surface area contributed by atoms with Gasteiger partial charge in [0.05, 0.1) is 0 Å². The topological polar surface area (TPSA) is 40.1 Å². The van der Waals surface area contributed by atoms with Crippen LogP contribution in [0.15, 0.2) is 0 Å². The van der Waals surface area contributed by atoms with Crippen LogP contribution < -0.4 is 34.7 Å². The second kappa shape index (κ2) is 8.15. The zero-order chi connectivity index (χ0) is 7.28. The van der Waals surface area contributed by atoms with Gasteiger partial charge in [0.25, 0.3) is 0 Å². The molecule has 2 nitrogen and oxygen atoms in total. The van der Waals surface area contributed by atoms with E-state index in [-0.39, 0.29) is 47.2 Å². The van der Waals surface area contributed by atoms with Crippen LogP contribution in [0.25, 0.3) is 0 Å². The number of carbonyl (C=O) groups is 1. The van der Waals surface area contributed by atoms with Crippen LogP contribution in [-0.4, -0.2) is 17.2 Å². The summed E-state index contributed by atoms with van der Waals surface area (Å²) in [5, 5.41) is 9.56. The average molecular weight is 193 g/mol. The molecule has 0 bridgehead atoms. The van der Waals surface area contributed by atoms with Gasteiger partial charge in [-0.05, 0) is 12.8 Å². The second-order valence-electron chi connectivity index (χ2n) is 1.66. The first kappa shape index (κ1) is 13.6. The number of alkyl halides is 2. The first-order valence-electron chi connectivity index (χ1n) is 2.56. The van der Waals surface area contributed by atoms with Gasteiger partial charge in [-0.25, -0.2) is 0 Å². The van der Waals surface area contributed by atoms with Crippen molar-refractivity contribution in [2.45, 2.75) is 18.2 Å². The third kappa shape index (κ3) is 9.05. The molecule has 0 aromatic heterocycles. The van der Waals surface area contributed by atoms with Crippen molar-refractivity contribution in [2.24, 2.45) is 0 Å². The van der Waals surface area contributed by atoms with Crippen molar-refractivity contribution in [3.05, 3.63) is 0 Å². The molecule has 0 spiro atoms. The monoisotopic (exact) mass is 192 g/mol. The molecule has 0 N–H and O–H groups in total. The fourth-order valence-electron chi connectivity index (χ4n) is 0.352. The normalized spacial score (nSPS) is 11.8. The van der Waals surface area contributed by atoms with Gasteiger partial charge in [-0.15, -0.1) is 23.2 Å². The van der Waals surface area contributed by atoms with Gasteiger partial charge >= 0.3 is 29.6 Å². The minimum atomic E-state index is -1.08. The molecule has 0 aliphatic rings. The summed E-state index contributed by atoms with van der Waals surface area (Å²) >= 11 is 10.8. The minimum Gasteiger partial charge on any atom is -0.550 e. The second-order valence-corrected chi connectivity index (χ2v) is 2.59. The number of halogens is 2. The number of aliphatic carboxylic acids is 1. The zero-order valence-electron chi connectivity index (χ0n) is 5.77. The van der Waals surface area contributed by atoms with E-state index in [1.165, 1.54) is 0 Å². The van der Waals surface area contributed by atoms with Crippen LogP contribution in [0.2, 0.25) is 0 Å². The Balaban J connectivity index is 0. The third-order valence-electron chi connectivity index (χ3n) is 0.829.